The standard InChI is InChI=1S/C23H15NO4/c1-3-18-13-20(5-1)27-22-11-12-24-23(15-22)28-21-6-2-4-19(14-21)26-17-9-7-16(25-18)8-10-17/h1-15H. The number of hydrogen-bond donors (Lipinski definition) is 0. The summed E-state index contributed by atoms with van der Waals surface area (Å²) in [5.41, 5.74) is 0. The molecule has 0 unspecified atom stereocenters. The largest absolute Gasteiger partial charge is 0.457 e. The topological polar surface area (TPSA) is 49.8 Å². The molecular formula is C23H15NO4. The monoisotopic (exact) mass is 369 g/mol. The summed E-state index contributed by atoms with van der Waals surface area (Å²) >= 11 is 0. The van der Waals surface area contributed by atoms with E-state index in [1.807, 2.05) is 66.7 Å². The van der Waals surface area contributed by atoms with Crippen molar-refractivity contribution >= 4 is 0 Å². The Bertz CT molecular complexity index is 1040. The van der Waals surface area contributed by atoms with E-state index in [2.05, 4.69) is 4.98 Å². The van der Waals surface area contributed by atoms with Crippen LogP contribution < -0.4 is 18.9 Å². The fourth-order valence-electron chi connectivity index (χ4n) is 2.82. The number of ether oxygens (including phenoxy) is 4. The number of pyridine rings is 1. The fraction of sp³-hybridized carbons (Fsp3) is 0. The lowest BCUT2D eigenvalue weighted by Crippen LogP contribution is -1.90. The van der Waals surface area contributed by atoms with Gasteiger partial charge < -0.3 is 18.9 Å². The molecule has 6 rings (SSSR count). The van der Waals surface area contributed by atoms with Crippen LogP contribution >= 0.6 is 0 Å². The maximum absolute atomic E-state index is 5.94. The van der Waals surface area contributed by atoms with Crippen molar-refractivity contribution in [2.24, 2.45) is 0 Å². The van der Waals surface area contributed by atoms with Crippen LogP contribution in [0.1, 0.15) is 0 Å². The molecule has 0 N–H and O–H groups in total. The maximum Gasteiger partial charge on any atom is 0.222 e. The van der Waals surface area contributed by atoms with Gasteiger partial charge in [-0.25, -0.2) is 4.98 Å². The average Bonchev–Trinajstić information content (AvgIpc) is 2.70. The van der Waals surface area contributed by atoms with E-state index < -0.39 is 0 Å². The highest BCUT2D eigenvalue weighted by Gasteiger charge is 2.07. The molecule has 4 aromatic rings. The van der Waals surface area contributed by atoms with Crippen LogP contribution in [0.4, 0.5) is 0 Å². The highest BCUT2D eigenvalue weighted by Crippen LogP contribution is 2.33. The molecule has 136 valence electrons. The zero-order chi connectivity index (χ0) is 18.8. The van der Waals surface area contributed by atoms with Crippen molar-refractivity contribution in [3.63, 3.8) is 0 Å². The SMILES string of the molecule is c1cc2cc(c1)Oc1ccnc(c1)Oc1cccc(c1)Oc1ccc(cc1)O2. The van der Waals surface area contributed by atoms with Gasteiger partial charge in [0.2, 0.25) is 5.88 Å². The van der Waals surface area contributed by atoms with Gasteiger partial charge in [-0.15, -0.1) is 0 Å². The third-order valence-electron chi connectivity index (χ3n) is 4.07. The van der Waals surface area contributed by atoms with Gasteiger partial charge in [-0.2, -0.15) is 0 Å². The first-order valence-electron chi connectivity index (χ1n) is 8.78. The Morgan fingerprint density at radius 2 is 0.893 bits per heavy atom. The second-order valence-corrected chi connectivity index (χ2v) is 6.16. The number of hydrogen-bond acceptors (Lipinski definition) is 5. The van der Waals surface area contributed by atoms with Crippen molar-refractivity contribution < 1.29 is 18.9 Å². The van der Waals surface area contributed by atoms with Gasteiger partial charge >= 0.3 is 0 Å². The van der Waals surface area contributed by atoms with Gasteiger partial charge in [-0.1, -0.05) is 12.1 Å². The summed E-state index contributed by atoms with van der Waals surface area (Å²) in [6.45, 7) is 0. The summed E-state index contributed by atoms with van der Waals surface area (Å²) in [6, 6.07) is 25.7. The summed E-state index contributed by atoms with van der Waals surface area (Å²) in [5, 5.41) is 0. The van der Waals surface area contributed by atoms with Crippen molar-refractivity contribution in [1.82, 2.24) is 4.98 Å². The van der Waals surface area contributed by atoms with Gasteiger partial charge in [-0.3, -0.25) is 0 Å². The van der Waals surface area contributed by atoms with Crippen LogP contribution in [-0.4, -0.2) is 4.98 Å². The van der Waals surface area contributed by atoms with Crippen molar-refractivity contribution in [2.75, 3.05) is 0 Å². The Hall–Kier alpha value is -3.99. The Balaban J connectivity index is 1.58. The van der Waals surface area contributed by atoms with Crippen molar-refractivity contribution in [3.05, 3.63) is 91.1 Å². The van der Waals surface area contributed by atoms with Crippen LogP contribution in [-0.2, 0) is 0 Å². The van der Waals surface area contributed by atoms with Crippen LogP contribution in [0.15, 0.2) is 91.1 Å². The van der Waals surface area contributed by atoms with E-state index in [1.54, 1.807) is 24.4 Å². The Labute approximate surface area is 161 Å². The lowest BCUT2D eigenvalue weighted by atomic mass is 10.3. The van der Waals surface area contributed by atoms with Gasteiger partial charge in [0.05, 0.1) is 0 Å². The summed E-state index contributed by atoms with van der Waals surface area (Å²) < 4.78 is 23.7. The van der Waals surface area contributed by atoms with Gasteiger partial charge in [0.25, 0.3) is 0 Å². The lowest BCUT2D eigenvalue weighted by Gasteiger charge is -2.10. The first-order valence-corrected chi connectivity index (χ1v) is 8.78. The Morgan fingerprint density at radius 3 is 1.46 bits per heavy atom. The predicted octanol–water partition coefficient (Wildman–Crippen LogP) is 6.56. The molecule has 0 atom stereocenters. The number of aromatic nitrogens is 1. The first-order chi connectivity index (χ1) is 13.8. The second-order valence-electron chi connectivity index (χ2n) is 6.16. The zero-order valence-corrected chi connectivity index (χ0v) is 14.7. The summed E-state index contributed by atoms with van der Waals surface area (Å²) in [4.78, 5) is 4.25. The van der Waals surface area contributed by atoms with E-state index in [4.69, 9.17) is 18.9 Å². The molecule has 2 aliphatic rings. The fourth-order valence-corrected chi connectivity index (χ4v) is 2.82. The van der Waals surface area contributed by atoms with E-state index in [0.29, 0.717) is 46.1 Å². The third kappa shape index (κ3) is 3.59. The quantitative estimate of drug-likeness (QED) is 0.309. The number of nitrogens with zero attached hydrogens (tertiary/aromatic N) is 1. The van der Waals surface area contributed by atoms with Crippen molar-refractivity contribution in [1.29, 1.82) is 0 Å². The van der Waals surface area contributed by atoms with Crippen LogP contribution in [0.25, 0.3) is 0 Å². The summed E-state index contributed by atoms with van der Waals surface area (Å²) in [6.07, 6.45) is 1.64. The van der Waals surface area contributed by atoms with Crippen LogP contribution in [0.5, 0.6) is 46.1 Å². The minimum absolute atomic E-state index is 0.426. The van der Waals surface area contributed by atoms with Crippen molar-refractivity contribution in [2.45, 2.75) is 0 Å². The number of rotatable bonds is 0. The molecule has 3 aromatic carbocycles. The van der Waals surface area contributed by atoms with E-state index in [0.717, 1.165) is 0 Å². The molecule has 0 amide bonds. The molecule has 0 spiro atoms. The van der Waals surface area contributed by atoms with E-state index in [-0.39, 0.29) is 0 Å². The molecule has 1 aromatic heterocycles. The van der Waals surface area contributed by atoms with Gasteiger partial charge in [0, 0.05) is 24.4 Å². The van der Waals surface area contributed by atoms with E-state index in [1.165, 1.54) is 0 Å². The van der Waals surface area contributed by atoms with Crippen LogP contribution in [0.2, 0.25) is 0 Å². The molecular weight excluding hydrogens is 354 g/mol. The van der Waals surface area contributed by atoms with E-state index in [9.17, 15) is 0 Å². The van der Waals surface area contributed by atoms with Crippen molar-refractivity contribution in [3.8, 4) is 46.1 Å². The average molecular weight is 369 g/mol. The third-order valence-corrected chi connectivity index (χ3v) is 4.07. The first kappa shape index (κ1) is 16.2. The molecule has 2 aliphatic heterocycles. The normalized spacial score (nSPS) is 12.0. The lowest BCUT2D eigenvalue weighted by molar-refractivity contribution is 0.438. The molecule has 0 fully saturated rings. The number of fused-ring (bicyclic) bond motifs is 2. The minimum Gasteiger partial charge on any atom is -0.457 e. The second kappa shape index (κ2) is 6.96. The molecule has 0 radical (unpaired) electrons. The van der Waals surface area contributed by atoms with Gasteiger partial charge in [0.15, 0.2) is 0 Å². The Kier molecular flexibility index (Phi) is 4.03. The summed E-state index contributed by atoms with van der Waals surface area (Å²) in [5.74, 6) is 5.05. The molecule has 28 heavy (non-hydrogen) atoms. The Morgan fingerprint density at radius 1 is 0.429 bits per heavy atom. The number of benzene rings is 3. The predicted molar refractivity (Wildman–Crippen MR) is 104 cm³/mol. The zero-order valence-electron chi connectivity index (χ0n) is 14.7. The van der Waals surface area contributed by atoms with E-state index >= 15 is 0 Å². The van der Waals surface area contributed by atoms with Crippen LogP contribution in [0.3, 0.4) is 0 Å². The molecule has 5 nitrogen and oxygen atoms in total. The highest BCUT2D eigenvalue weighted by molar-refractivity contribution is 5.43. The maximum atomic E-state index is 5.94. The summed E-state index contributed by atoms with van der Waals surface area (Å²) in [7, 11) is 0. The molecule has 5 heteroatoms. The minimum atomic E-state index is 0.426. The van der Waals surface area contributed by atoms with Gasteiger partial charge in [-0.05, 0) is 54.6 Å². The smallest absolute Gasteiger partial charge is 0.222 e. The molecule has 8 bridgehead atoms. The molecule has 0 saturated carbocycles. The highest BCUT2D eigenvalue weighted by atomic mass is 16.5. The van der Waals surface area contributed by atoms with Crippen LogP contribution in [0, 0.1) is 0 Å². The molecule has 0 aliphatic carbocycles. The molecule has 3 heterocycles. The van der Waals surface area contributed by atoms with Gasteiger partial charge in [0.1, 0.15) is 40.2 Å². The molecule has 0 saturated heterocycles.